The molecule has 0 aliphatic carbocycles. The summed E-state index contributed by atoms with van der Waals surface area (Å²) in [7, 11) is 0. The van der Waals surface area contributed by atoms with E-state index in [-0.39, 0.29) is 18.4 Å². The van der Waals surface area contributed by atoms with Crippen LogP contribution in [0.15, 0.2) is 18.2 Å². The monoisotopic (exact) mass is 371 g/mol. The normalized spacial score (nSPS) is 24.1. The second kappa shape index (κ2) is 7.56. The molecule has 1 aromatic carbocycles. The minimum absolute atomic E-state index is 0.123. The molecule has 3 fully saturated rings. The number of aliphatic carboxylic acids is 1. The molecule has 8 nitrogen and oxygen atoms in total. The van der Waals surface area contributed by atoms with Crippen molar-refractivity contribution in [3.05, 3.63) is 23.9 Å². The Kier molecular flexibility index (Phi) is 4.98. The van der Waals surface area contributed by atoms with Crippen LogP contribution in [0.1, 0.15) is 36.2 Å². The van der Waals surface area contributed by atoms with Gasteiger partial charge in [0, 0.05) is 36.6 Å². The molecule has 3 aliphatic heterocycles. The van der Waals surface area contributed by atoms with Crippen LogP contribution in [0.3, 0.4) is 0 Å². The molecule has 1 aromatic heterocycles. The molecule has 2 aromatic rings. The second-order valence-electron chi connectivity index (χ2n) is 7.47. The van der Waals surface area contributed by atoms with Crippen molar-refractivity contribution in [1.82, 2.24) is 20.4 Å². The summed E-state index contributed by atoms with van der Waals surface area (Å²) in [5.74, 6) is -0.340. The Labute approximate surface area is 157 Å². The number of fused-ring (bicyclic) bond motifs is 4. The van der Waals surface area contributed by atoms with Gasteiger partial charge in [0.25, 0.3) is 5.91 Å². The maximum Gasteiger partial charge on any atom is 0.303 e. The van der Waals surface area contributed by atoms with Crippen molar-refractivity contribution in [2.75, 3.05) is 31.5 Å². The highest BCUT2D eigenvalue weighted by Crippen LogP contribution is 2.28. The standard InChI is InChI=1S/C19H25N5O3/c25-17(26)2-1-7-20-13-3-4-14-15(10-13)22-23-18(14)19(27)21-16-11-24-8-5-12(16)6-9-24/h3-4,10,12,16,20H,1-2,5-9,11H2,(H,21,27)(H,22,23)(H,25,26)/t16-/m1/s1. The average Bonchev–Trinajstić information content (AvgIpc) is 3.09. The Morgan fingerprint density at radius 2 is 2.11 bits per heavy atom. The number of hydrogen-bond donors (Lipinski definition) is 4. The minimum Gasteiger partial charge on any atom is -0.481 e. The van der Waals surface area contributed by atoms with E-state index in [9.17, 15) is 9.59 Å². The lowest BCUT2D eigenvalue weighted by Gasteiger charge is -2.44. The average molecular weight is 371 g/mol. The summed E-state index contributed by atoms with van der Waals surface area (Å²) in [6, 6.07) is 5.88. The number of amides is 1. The first-order chi connectivity index (χ1) is 13.1. The van der Waals surface area contributed by atoms with Crippen LogP contribution in [-0.2, 0) is 4.79 Å². The van der Waals surface area contributed by atoms with Gasteiger partial charge in [0.15, 0.2) is 5.69 Å². The predicted molar refractivity (Wildman–Crippen MR) is 102 cm³/mol. The number of carboxylic acid groups (broad SMARTS) is 1. The maximum atomic E-state index is 12.7. The number of anilines is 1. The number of piperidine rings is 3. The third-order valence-corrected chi connectivity index (χ3v) is 5.65. The van der Waals surface area contributed by atoms with Gasteiger partial charge in [0.05, 0.1) is 5.52 Å². The van der Waals surface area contributed by atoms with Gasteiger partial charge in [-0.15, -0.1) is 0 Å². The van der Waals surface area contributed by atoms with Crippen molar-refractivity contribution in [3.63, 3.8) is 0 Å². The number of nitrogens with one attached hydrogen (secondary N) is 3. The van der Waals surface area contributed by atoms with Crippen LogP contribution in [0.2, 0.25) is 0 Å². The van der Waals surface area contributed by atoms with E-state index in [1.165, 1.54) is 0 Å². The van der Waals surface area contributed by atoms with E-state index in [0.717, 1.165) is 49.1 Å². The number of nitrogens with zero attached hydrogens (tertiary/aromatic N) is 2. The number of H-pyrrole nitrogens is 1. The molecule has 1 atom stereocenters. The molecule has 2 bridgehead atoms. The second-order valence-corrected chi connectivity index (χ2v) is 7.47. The zero-order valence-corrected chi connectivity index (χ0v) is 15.2. The van der Waals surface area contributed by atoms with E-state index < -0.39 is 5.97 Å². The van der Waals surface area contributed by atoms with Crippen molar-refractivity contribution in [1.29, 1.82) is 0 Å². The van der Waals surface area contributed by atoms with Crippen LogP contribution >= 0.6 is 0 Å². The number of carboxylic acids is 1. The maximum absolute atomic E-state index is 12.7. The topological polar surface area (TPSA) is 110 Å². The summed E-state index contributed by atoms with van der Waals surface area (Å²) in [5, 5.41) is 23.0. The highest BCUT2D eigenvalue weighted by molar-refractivity contribution is 6.05. The Hall–Kier alpha value is -2.61. The summed E-state index contributed by atoms with van der Waals surface area (Å²) in [4.78, 5) is 25.7. The predicted octanol–water partition coefficient (Wildman–Crippen LogP) is 1.66. The fourth-order valence-electron chi connectivity index (χ4n) is 4.14. The van der Waals surface area contributed by atoms with E-state index in [0.29, 0.717) is 24.6 Å². The molecule has 8 heteroatoms. The van der Waals surface area contributed by atoms with E-state index >= 15 is 0 Å². The van der Waals surface area contributed by atoms with Crippen molar-refractivity contribution in [2.24, 2.45) is 5.92 Å². The smallest absolute Gasteiger partial charge is 0.303 e. The number of hydrogen-bond acceptors (Lipinski definition) is 5. The largest absolute Gasteiger partial charge is 0.481 e. The zero-order valence-electron chi connectivity index (χ0n) is 15.2. The van der Waals surface area contributed by atoms with Crippen molar-refractivity contribution in [3.8, 4) is 0 Å². The van der Waals surface area contributed by atoms with E-state index in [1.807, 2.05) is 18.2 Å². The molecule has 4 heterocycles. The van der Waals surface area contributed by atoms with Gasteiger partial charge in [-0.25, -0.2) is 0 Å². The van der Waals surface area contributed by atoms with Gasteiger partial charge in [-0.1, -0.05) is 0 Å². The molecule has 0 spiro atoms. The molecule has 0 saturated carbocycles. The van der Waals surface area contributed by atoms with E-state index in [1.54, 1.807) is 0 Å². The number of aromatic nitrogens is 2. The van der Waals surface area contributed by atoms with Gasteiger partial charge in [0.2, 0.25) is 0 Å². The van der Waals surface area contributed by atoms with Crippen molar-refractivity contribution < 1.29 is 14.7 Å². The quantitative estimate of drug-likeness (QED) is 0.551. The van der Waals surface area contributed by atoms with Crippen LogP contribution in [0.4, 0.5) is 5.69 Å². The molecule has 144 valence electrons. The zero-order chi connectivity index (χ0) is 18.8. The fourth-order valence-corrected chi connectivity index (χ4v) is 4.14. The van der Waals surface area contributed by atoms with Crippen molar-refractivity contribution >= 4 is 28.5 Å². The molecular weight excluding hydrogens is 346 g/mol. The van der Waals surface area contributed by atoms with Crippen LogP contribution in [0, 0.1) is 5.92 Å². The van der Waals surface area contributed by atoms with Crippen molar-refractivity contribution in [2.45, 2.75) is 31.7 Å². The van der Waals surface area contributed by atoms with Gasteiger partial charge in [0.1, 0.15) is 0 Å². The highest BCUT2D eigenvalue weighted by Gasteiger charge is 2.35. The Balaban J connectivity index is 1.40. The molecule has 1 amide bonds. The van der Waals surface area contributed by atoms with E-state index in [2.05, 4.69) is 25.7 Å². The first-order valence-electron chi connectivity index (χ1n) is 9.57. The van der Waals surface area contributed by atoms with Gasteiger partial charge >= 0.3 is 5.97 Å². The highest BCUT2D eigenvalue weighted by atomic mass is 16.4. The molecule has 4 N–H and O–H groups in total. The molecule has 27 heavy (non-hydrogen) atoms. The Morgan fingerprint density at radius 3 is 2.81 bits per heavy atom. The first-order valence-corrected chi connectivity index (χ1v) is 9.57. The van der Waals surface area contributed by atoms with E-state index in [4.69, 9.17) is 5.11 Å². The SMILES string of the molecule is O=C(O)CCCNc1ccc2c(C(=O)N[C@@H]3CN4CCC3CC4)n[nH]c2c1. The van der Waals surface area contributed by atoms with Gasteiger partial charge < -0.3 is 20.6 Å². The Bertz CT molecular complexity index is 841. The van der Waals surface area contributed by atoms with Gasteiger partial charge in [-0.05, 0) is 56.5 Å². The van der Waals surface area contributed by atoms with Crippen LogP contribution in [0.5, 0.6) is 0 Å². The van der Waals surface area contributed by atoms with Crippen LogP contribution in [0.25, 0.3) is 10.9 Å². The fraction of sp³-hybridized carbons (Fsp3) is 0.526. The molecule has 0 unspecified atom stereocenters. The third-order valence-electron chi connectivity index (χ3n) is 5.65. The number of rotatable bonds is 7. The molecule has 3 saturated heterocycles. The summed E-state index contributed by atoms with van der Waals surface area (Å²) in [5.41, 5.74) is 2.09. The van der Waals surface area contributed by atoms with Gasteiger partial charge in [-0.2, -0.15) is 5.10 Å². The van der Waals surface area contributed by atoms with Gasteiger partial charge in [-0.3, -0.25) is 14.7 Å². The molecule has 3 aliphatic rings. The summed E-state index contributed by atoms with van der Waals surface area (Å²) >= 11 is 0. The number of benzene rings is 1. The number of carbonyl (C=O) groups is 2. The van der Waals surface area contributed by atoms with Crippen LogP contribution in [-0.4, -0.2) is 64.3 Å². The third kappa shape index (κ3) is 3.90. The number of carbonyl (C=O) groups excluding carboxylic acids is 1. The number of aromatic amines is 1. The molecular formula is C19H25N5O3. The van der Waals surface area contributed by atoms with Crippen LogP contribution < -0.4 is 10.6 Å². The minimum atomic E-state index is -0.792. The Morgan fingerprint density at radius 1 is 1.30 bits per heavy atom. The summed E-state index contributed by atoms with van der Waals surface area (Å²) in [6.45, 7) is 3.80. The lowest BCUT2D eigenvalue weighted by molar-refractivity contribution is -0.137. The first kappa shape index (κ1) is 17.8. The lowest BCUT2D eigenvalue weighted by atomic mass is 9.84. The summed E-state index contributed by atoms with van der Waals surface area (Å²) < 4.78 is 0. The molecule has 0 radical (unpaired) electrons. The lowest BCUT2D eigenvalue weighted by Crippen LogP contribution is -2.57. The molecule has 5 rings (SSSR count). The summed E-state index contributed by atoms with van der Waals surface area (Å²) in [6.07, 6.45) is 3.01.